The van der Waals surface area contributed by atoms with Gasteiger partial charge in [0.05, 0.1) is 0 Å². The molecule has 3 rings (SSSR count). The van der Waals surface area contributed by atoms with Gasteiger partial charge in [0.15, 0.2) is 5.92 Å². The molecule has 0 radical (unpaired) electrons. The number of imidazole rings is 1. The first-order valence-electron chi connectivity index (χ1n) is 11.3. The zero-order valence-corrected chi connectivity index (χ0v) is 19.6. The summed E-state index contributed by atoms with van der Waals surface area (Å²) in [6.07, 6.45) is 20.6. The number of nitrogens with zero attached hydrogens (tertiary/aromatic N) is 2. The van der Waals surface area contributed by atoms with Crippen molar-refractivity contribution in [3.05, 3.63) is 72.7 Å². The summed E-state index contributed by atoms with van der Waals surface area (Å²) in [5.41, 5.74) is 4.32. The van der Waals surface area contributed by atoms with E-state index >= 15 is 0 Å². The number of aromatic nitrogens is 2. The minimum atomic E-state index is 0.440. The molecule has 1 heterocycles. The third-order valence-electron chi connectivity index (χ3n) is 6.28. The Morgan fingerprint density at radius 1 is 0.966 bits per heavy atom. The van der Waals surface area contributed by atoms with Crippen molar-refractivity contribution in [1.82, 2.24) is 0 Å². The molecule has 2 nitrogen and oxygen atoms in total. The van der Waals surface area contributed by atoms with E-state index in [9.17, 15) is 0 Å². The Balaban J connectivity index is 2.06. The highest BCUT2D eigenvalue weighted by Crippen LogP contribution is 2.36. The van der Waals surface area contributed by atoms with Gasteiger partial charge in [-0.1, -0.05) is 67.0 Å². The molecule has 0 amide bonds. The molecular formula is C27H39N2+. The van der Waals surface area contributed by atoms with Gasteiger partial charge in [0.2, 0.25) is 0 Å². The maximum Gasteiger partial charge on any atom is 0.320 e. The van der Waals surface area contributed by atoms with Crippen LogP contribution in [0.2, 0.25) is 0 Å². The lowest BCUT2D eigenvalue weighted by atomic mass is 9.77. The Labute approximate surface area is 178 Å². The van der Waals surface area contributed by atoms with Crippen LogP contribution in [-0.2, 0) is 0 Å². The molecule has 0 spiro atoms. The molecule has 0 bridgehead atoms. The largest absolute Gasteiger partial charge is 0.320 e. The van der Waals surface area contributed by atoms with Crippen LogP contribution in [0.5, 0.6) is 0 Å². The van der Waals surface area contributed by atoms with Crippen LogP contribution in [0.15, 0.2) is 60.2 Å². The summed E-state index contributed by atoms with van der Waals surface area (Å²) in [7, 11) is 0. The van der Waals surface area contributed by atoms with Crippen LogP contribution in [0.3, 0.4) is 0 Å². The predicted molar refractivity (Wildman–Crippen MR) is 121 cm³/mol. The monoisotopic (exact) mass is 391 g/mol. The van der Waals surface area contributed by atoms with Gasteiger partial charge in [-0.2, -0.15) is 4.57 Å². The Kier molecular flexibility index (Phi) is 6.51. The maximum absolute atomic E-state index is 2.38. The summed E-state index contributed by atoms with van der Waals surface area (Å²) < 4.78 is 4.75. The van der Waals surface area contributed by atoms with Crippen molar-refractivity contribution in [1.29, 1.82) is 0 Å². The summed E-state index contributed by atoms with van der Waals surface area (Å²) in [5, 5.41) is 0. The van der Waals surface area contributed by atoms with Crippen LogP contribution in [-0.4, -0.2) is 0 Å². The molecule has 1 aromatic heterocycles. The second kappa shape index (κ2) is 8.73. The highest BCUT2D eigenvalue weighted by molar-refractivity contribution is 5.55. The minimum Gasteiger partial charge on any atom is -0.253 e. The van der Waals surface area contributed by atoms with Crippen molar-refractivity contribution in [3.8, 4) is 0 Å². The first-order valence-corrected chi connectivity index (χ1v) is 11.3. The van der Waals surface area contributed by atoms with E-state index in [0.717, 1.165) is 0 Å². The summed E-state index contributed by atoms with van der Waals surface area (Å²) in [4.78, 5) is 0. The van der Waals surface area contributed by atoms with E-state index in [1.165, 1.54) is 22.9 Å². The van der Waals surface area contributed by atoms with Crippen LogP contribution < -0.4 is 9.13 Å². The summed E-state index contributed by atoms with van der Waals surface area (Å²) in [5.74, 6) is 3.03. The Morgan fingerprint density at radius 2 is 1.69 bits per heavy atom. The van der Waals surface area contributed by atoms with Gasteiger partial charge in [-0.15, -0.1) is 12.2 Å². The zero-order chi connectivity index (χ0) is 21.3. The van der Waals surface area contributed by atoms with Gasteiger partial charge >= 0.3 is 6.33 Å². The third kappa shape index (κ3) is 4.27. The molecule has 1 aromatic rings. The van der Waals surface area contributed by atoms with E-state index in [1.807, 2.05) is 0 Å². The molecule has 0 aliphatic heterocycles. The third-order valence-corrected chi connectivity index (χ3v) is 6.28. The number of allylic oxidation sites excluding steroid dienone is 8. The van der Waals surface area contributed by atoms with Crippen molar-refractivity contribution in [2.24, 2.45) is 35.5 Å². The average Bonchev–Trinajstić information content (AvgIpc) is 3.15. The number of hydrogen-bond donors (Lipinski definition) is 0. The molecule has 2 aliphatic rings. The van der Waals surface area contributed by atoms with Gasteiger partial charge in [0.1, 0.15) is 24.0 Å². The predicted octanol–water partition coefficient (Wildman–Crippen LogP) is 5.70. The molecular weight excluding hydrogens is 352 g/mol. The van der Waals surface area contributed by atoms with Crippen molar-refractivity contribution in [3.63, 3.8) is 0 Å². The van der Waals surface area contributed by atoms with Gasteiger partial charge in [0.25, 0.3) is 5.70 Å². The summed E-state index contributed by atoms with van der Waals surface area (Å²) >= 11 is 0. The number of rotatable bonds is 6. The molecule has 2 atom stereocenters. The molecule has 2 unspecified atom stereocenters. The lowest BCUT2D eigenvalue weighted by molar-refractivity contribution is -0.730. The van der Waals surface area contributed by atoms with E-state index in [-0.39, 0.29) is 0 Å². The van der Waals surface area contributed by atoms with E-state index in [2.05, 4.69) is 120 Å². The highest BCUT2D eigenvalue weighted by atomic mass is 15.1. The topological polar surface area (TPSA) is 7.76 Å². The Morgan fingerprint density at radius 3 is 2.28 bits per heavy atom. The quantitative estimate of drug-likeness (QED) is 0.434. The lowest BCUT2D eigenvalue weighted by Crippen LogP contribution is -2.49. The van der Waals surface area contributed by atoms with Crippen LogP contribution in [0.1, 0.15) is 55.4 Å². The van der Waals surface area contributed by atoms with Crippen LogP contribution in [0, 0.1) is 48.0 Å². The van der Waals surface area contributed by atoms with Crippen LogP contribution >= 0.6 is 0 Å². The van der Waals surface area contributed by atoms with Crippen molar-refractivity contribution >= 4 is 5.70 Å². The molecule has 0 aromatic carbocycles. The molecule has 0 saturated heterocycles. The fourth-order valence-electron chi connectivity index (χ4n) is 4.63. The Hall–Kier alpha value is -2.09. The van der Waals surface area contributed by atoms with Crippen molar-refractivity contribution in [2.45, 2.75) is 55.4 Å². The van der Waals surface area contributed by atoms with E-state index in [4.69, 9.17) is 0 Å². The molecule has 156 valence electrons. The molecule has 2 aliphatic carbocycles. The molecule has 0 N–H and O–H groups in total. The van der Waals surface area contributed by atoms with Crippen molar-refractivity contribution < 1.29 is 9.13 Å². The zero-order valence-electron chi connectivity index (χ0n) is 19.6. The first-order chi connectivity index (χ1) is 13.7. The SMILES string of the molecule is CC(C)C1=CC=CC(C(C)C)[C-]1[n+]1c[cH-][n+](C2=C(C(C)C)[CH+]C=CC2C(C)C)c1. The summed E-state index contributed by atoms with van der Waals surface area (Å²) in [6, 6.07) is 1.43. The second-order valence-electron chi connectivity index (χ2n) is 9.86. The van der Waals surface area contributed by atoms with E-state index in [0.29, 0.717) is 35.5 Å². The Bertz CT molecular complexity index is 826. The molecule has 0 fully saturated rings. The van der Waals surface area contributed by atoms with Gasteiger partial charge < -0.3 is 0 Å². The maximum atomic E-state index is 2.38. The van der Waals surface area contributed by atoms with E-state index < -0.39 is 0 Å². The van der Waals surface area contributed by atoms with E-state index in [1.54, 1.807) is 0 Å². The highest BCUT2D eigenvalue weighted by Gasteiger charge is 2.39. The van der Waals surface area contributed by atoms with Gasteiger partial charge in [-0.25, -0.2) is 0 Å². The smallest absolute Gasteiger partial charge is 0.253 e. The number of hydrogen-bond acceptors (Lipinski definition) is 0. The van der Waals surface area contributed by atoms with Crippen LogP contribution in [0.4, 0.5) is 0 Å². The average molecular weight is 392 g/mol. The fourth-order valence-corrected chi connectivity index (χ4v) is 4.63. The molecule has 2 heteroatoms. The second-order valence-corrected chi connectivity index (χ2v) is 9.86. The summed E-state index contributed by atoms with van der Waals surface area (Å²) in [6.45, 7) is 18.5. The van der Waals surface area contributed by atoms with Crippen LogP contribution in [0.25, 0.3) is 5.70 Å². The van der Waals surface area contributed by atoms with Gasteiger partial charge in [-0.05, 0) is 17.8 Å². The normalized spacial score (nSPS) is 22.3. The standard InChI is InChI=1S/C27H39N2/c1-18(2)22-11-9-12-23(19(3)4)26(22)28-15-16-29(17-28)27-24(20(5)6)13-10-14-25(27)21(7)8/h9-22,24H,1-8H3/q+1. The lowest BCUT2D eigenvalue weighted by Gasteiger charge is -2.33. The fraction of sp³-hybridized carbons (Fsp3) is 0.519. The first kappa shape index (κ1) is 21.6. The van der Waals surface area contributed by atoms with Gasteiger partial charge in [-0.3, -0.25) is 4.57 Å². The minimum absolute atomic E-state index is 0.440. The molecule has 0 saturated carbocycles. The van der Waals surface area contributed by atoms with Crippen molar-refractivity contribution in [2.75, 3.05) is 0 Å². The molecule has 29 heavy (non-hydrogen) atoms. The van der Waals surface area contributed by atoms with Gasteiger partial charge in [0, 0.05) is 30.4 Å².